The Hall–Kier alpha value is -3.01. The van der Waals surface area contributed by atoms with Gasteiger partial charge in [0.05, 0.1) is 17.9 Å². The lowest BCUT2D eigenvalue weighted by Crippen LogP contribution is -2.31. The van der Waals surface area contributed by atoms with Gasteiger partial charge in [0, 0.05) is 59.0 Å². The summed E-state index contributed by atoms with van der Waals surface area (Å²) in [6.45, 7) is 3.56. The van der Waals surface area contributed by atoms with Crippen molar-refractivity contribution in [2.45, 2.75) is 19.3 Å². The SMILES string of the molecule is COCCNC(=O)c1cnc(N(C)C)nc1C1CCN(C(=O)c2cc(C)on2)C1. The summed E-state index contributed by atoms with van der Waals surface area (Å²) in [5.41, 5.74) is 1.35. The Kier molecular flexibility index (Phi) is 6.42. The van der Waals surface area contributed by atoms with Gasteiger partial charge in [0.15, 0.2) is 5.69 Å². The van der Waals surface area contributed by atoms with Gasteiger partial charge in [-0.2, -0.15) is 0 Å². The van der Waals surface area contributed by atoms with E-state index in [1.807, 2.05) is 14.1 Å². The average molecular weight is 402 g/mol. The van der Waals surface area contributed by atoms with Crippen LogP contribution in [0.2, 0.25) is 0 Å². The molecule has 3 rings (SSSR count). The lowest BCUT2D eigenvalue weighted by molar-refractivity contribution is 0.0780. The van der Waals surface area contributed by atoms with Gasteiger partial charge in [-0.3, -0.25) is 9.59 Å². The molecular formula is C19H26N6O4. The minimum absolute atomic E-state index is 0.0724. The molecule has 1 saturated heterocycles. The zero-order chi connectivity index (χ0) is 21.0. The minimum Gasteiger partial charge on any atom is -0.383 e. The van der Waals surface area contributed by atoms with E-state index in [9.17, 15) is 9.59 Å². The van der Waals surface area contributed by atoms with Crippen molar-refractivity contribution in [3.8, 4) is 0 Å². The van der Waals surface area contributed by atoms with E-state index < -0.39 is 0 Å². The van der Waals surface area contributed by atoms with Crippen molar-refractivity contribution in [2.24, 2.45) is 0 Å². The summed E-state index contributed by atoms with van der Waals surface area (Å²) >= 11 is 0. The zero-order valence-corrected chi connectivity index (χ0v) is 17.1. The van der Waals surface area contributed by atoms with Gasteiger partial charge in [0.25, 0.3) is 11.8 Å². The lowest BCUT2D eigenvalue weighted by atomic mass is 9.99. The molecule has 0 spiro atoms. The van der Waals surface area contributed by atoms with Crippen LogP contribution >= 0.6 is 0 Å². The number of carbonyl (C=O) groups excluding carboxylic acids is 2. The van der Waals surface area contributed by atoms with Crippen molar-refractivity contribution in [3.05, 3.63) is 35.0 Å². The van der Waals surface area contributed by atoms with E-state index in [0.29, 0.717) is 55.6 Å². The predicted molar refractivity (Wildman–Crippen MR) is 105 cm³/mol. The molecule has 0 saturated carbocycles. The summed E-state index contributed by atoms with van der Waals surface area (Å²) in [6.07, 6.45) is 2.25. The molecule has 156 valence electrons. The van der Waals surface area contributed by atoms with Gasteiger partial charge in [-0.15, -0.1) is 0 Å². The van der Waals surface area contributed by atoms with Crippen LogP contribution in [0.5, 0.6) is 0 Å². The number of hydrogen-bond acceptors (Lipinski definition) is 8. The number of likely N-dealkylation sites (tertiary alicyclic amines) is 1. The van der Waals surface area contributed by atoms with Gasteiger partial charge in [0.2, 0.25) is 5.95 Å². The van der Waals surface area contributed by atoms with Crippen LogP contribution < -0.4 is 10.2 Å². The number of methoxy groups -OCH3 is 1. The second-order valence-corrected chi connectivity index (χ2v) is 7.17. The maximum Gasteiger partial charge on any atom is 0.276 e. The number of carbonyl (C=O) groups is 2. The van der Waals surface area contributed by atoms with E-state index in [1.165, 1.54) is 0 Å². The van der Waals surface area contributed by atoms with Crippen LogP contribution in [0.25, 0.3) is 0 Å². The van der Waals surface area contributed by atoms with Crippen molar-refractivity contribution in [1.82, 2.24) is 25.3 Å². The number of amides is 2. The highest BCUT2D eigenvalue weighted by Crippen LogP contribution is 2.30. The summed E-state index contributed by atoms with van der Waals surface area (Å²) < 4.78 is 9.99. The maximum atomic E-state index is 12.7. The largest absolute Gasteiger partial charge is 0.383 e. The van der Waals surface area contributed by atoms with Crippen molar-refractivity contribution >= 4 is 17.8 Å². The molecule has 1 fully saturated rings. The molecule has 2 aromatic heterocycles. The van der Waals surface area contributed by atoms with Crippen LogP contribution in [0, 0.1) is 6.92 Å². The molecular weight excluding hydrogens is 376 g/mol. The highest BCUT2D eigenvalue weighted by atomic mass is 16.5. The number of nitrogens with one attached hydrogen (secondary N) is 1. The standard InChI is InChI=1S/C19H26N6O4/c1-12-9-15(23-29-12)18(27)25-7-5-13(11-25)16-14(17(26)20-6-8-28-4)10-21-19(22-16)24(2)3/h9-10,13H,5-8,11H2,1-4H3,(H,20,26). The Bertz CT molecular complexity index is 881. The molecule has 3 heterocycles. The Morgan fingerprint density at radius 1 is 1.41 bits per heavy atom. The summed E-state index contributed by atoms with van der Waals surface area (Å²) in [5.74, 6) is 0.601. The molecule has 0 bridgehead atoms. The lowest BCUT2D eigenvalue weighted by Gasteiger charge is -2.18. The Morgan fingerprint density at radius 3 is 2.86 bits per heavy atom. The monoisotopic (exact) mass is 402 g/mol. The average Bonchev–Trinajstić information content (AvgIpc) is 3.36. The Balaban J connectivity index is 1.81. The molecule has 10 heteroatoms. The highest BCUT2D eigenvalue weighted by molar-refractivity contribution is 5.95. The Labute approximate surface area is 169 Å². The number of hydrogen-bond donors (Lipinski definition) is 1. The third-order valence-electron chi connectivity index (χ3n) is 4.75. The van der Waals surface area contributed by atoms with E-state index in [2.05, 4.69) is 20.4 Å². The van der Waals surface area contributed by atoms with Crippen LogP contribution in [-0.2, 0) is 4.74 Å². The second kappa shape index (κ2) is 8.99. The zero-order valence-electron chi connectivity index (χ0n) is 17.1. The molecule has 1 aliphatic heterocycles. The van der Waals surface area contributed by atoms with E-state index in [1.54, 1.807) is 36.1 Å². The first-order valence-corrected chi connectivity index (χ1v) is 9.44. The van der Waals surface area contributed by atoms with Gasteiger partial charge in [0.1, 0.15) is 5.76 Å². The van der Waals surface area contributed by atoms with Crippen molar-refractivity contribution < 1.29 is 18.8 Å². The third-order valence-corrected chi connectivity index (χ3v) is 4.75. The van der Waals surface area contributed by atoms with E-state index in [4.69, 9.17) is 9.26 Å². The van der Waals surface area contributed by atoms with Crippen molar-refractivity contribution in [1.29, 1.82) is 0 Å². The first-order chi connectivity index (χ1) is 13.9. The molecule has 0 radical (unpaired) electrons. The molecule has 10 nitrogen and oxygen atoms in total. The number of ether oxygens (including phenoxy) is 1. The smallest absolute Gasteiger partial charge is 0.276 e. The summed E-state index contributed by atoms with van der Waals surface area (Å²) in [4.78, 5) is 37.7. The molecule has 1 aliphatic rings. The fourth-order valence-corrected chi connectivity index (χ4v) is 3.25. The molecule has 0 aliphatic carbocycles. The molecule has 1 N–H and O–H groups in total. The van der Waals surface area contributed by atoms with Gasteiger partial charge in [-0.1, -0.05) is 5.16 Å². The third kappa shape index (κ3) is 4.70. The summed E-state index contributed by atoms with van der Waals surface area (Å²) in [5, 5.41) is 6.62. The normalized spacial score (nSPS) is 16.1. The molecule has 2 amide bonds. The van der Waals surface area contributed by atoms with Gasteiger partial charge < -0.3 is 24.4 Å². The first kappa shape index (κ1) is 20.7. The number of rotatable bonds is 7. The highest BCUT2D eigenvalue weighted by Gasteiger charge is 2.33. The fourth-order valence-electron chi connectivity index (χ4n) is 3.25. The van der Waals surface area contributed by atoms with E-state index in [-0.39, 0.29) is 23.4 Å². The number of aromatic nitrogens is 3. The van der Waals surface area contributed by atoms with Crippen LogP contribution in [0.1, 0.15) is 44.6 Å². The summed E-state index contributed by atoms with van der Waals surface area (Å²) in [7, 11) is 5.26. The quantitative estimate of drug-likeness (QED) is 0.678. The minimum atomic E-state index is -0.251. The molecule has 29 heavy (non-hydrogen) atoms. The van der Waals surface area contributed by atoms with Crippen LogP contribution in [0.4, 0.5) is 5.95 Å². The van der Waals surface area contributed by atoms with Crippen LogP contribution in [-0.4, -0.2) is 79.3 Å². The Morgan fingerprint density at radius 2 is 2.21 bits per heavy atom. The van der Waals surface area contributed by atoms with Gasteiger partial charge in [-0.25, -0.2) is 9.97 Å². The van der Waals surface area contributed by atoms with Crippen LogP contribution in [0.15, 0.2) is 16.8 Å². The fraction of sp³-hybridized carbons (Fsp3) is 0.526. The molecule has 2 aromatic rings. The van der Waals surface area contributed by atoms with Crippen molar-refractivity contribution in [2.75, 3.05) is 52.3 Å². The topological polar surface area (TPSA) is 114 Å². The summed E-state index contributed by atoms with van der Waals surface area (Å²) in [6, 6.07) is 1.62. The first-order valence-electron chi connectivity index (χ1n) is 9.44. The number of anilines is 1. The molecule has 0 aromatic carbocycles. The van der Waals surface area contributed by atoms with Gasteiger partial charge in [-0.05, 0) is 13.3 Å². The molecule has 1 atom stereocenters. The second-order valence-electron chi connectivity index (χ2n) is 7.17. The van der Waals surface area contributed by atoms with Crippen molar-refractivity contribution in [3.63, 3.8) is 0 Å². The van der Waals surface area contributed by atoms with E-state index >= 15 is 0 Å². The predicted octanol–water partition coefficient (Wildman–Crippen LogP) is 0.845. The molecule has 1 unspecified atom stereocenters. The number of aryl methyl sites for hydroxylation is 1. The maximum absolute atomic E-state index is 12.7. The van der Waals surface area contributed by atoms with Crippen LogP contribution in [0.3, 0.4) is 0 Å². The number of nitrogens with zero attached hydrogens (tertiary/aromatic N) is 5. The van der Waals surface area contributed by atoms with E-state index in [0.717, 1.165) is 0 Å². The van der Waals surface area contributed by atoms with Gasteiger partial charge >= 0.3 is 0 Å².